The van der Waals surface area contributed by atoms with Crippen LogP contribution < -0.4 is 5.32 Å². The highest BCUT2D eigenvalue weighted by Crippen LogP contribution is 2.18. The summed E-state index contributed by atoms with van der Waals surface area (Å²) in [5.74, 6) is 0.770. The minimum absolute atomic E-state index is 0.00729. The van der Waals surface area contributed by atoms with Crippen molar-refractivity contribution in [3.05, 3.63) is 29.8 Å². The van der Waals surface area contributed by atoms with E-state index in [2.05, 4.69) is 36.5 Å². The smallest absolute Gasteiger partial charge is 0.221 e. The van der Waals surface area contributed by atoms with Gasteiger partial charge in [0.05, 0.1) is 12.6 Å². The van der Waals surface area contributed by atoms with Crippen LogP contribution in [0.25, 0.3) is 0 Å². The van der Waals surface area contributed by atoms with Crippen molar-refractivity contribution >= 4 is 17.7 Å². The summed E-state index contributed by atoms with van der Waals surface area (Å²) < 4.78 is 0. The molecule has 2 N–H and O–H groups in total. The summed E-state index contributed by atoms with van der Waals surface area (Å²) in [7, 11) is 0. The molecule has 1 aromatic carbocycles. The lowest BCUT2D eigenvalue weighted by molar-refractivity contribution is -0.121. The van der Waals surface area contributed by atoms with E-state index in [1.54, 1.807) is 11.8 Å². The molecule has 0 aliphatic carbocycles. The maximum atomic E-state index is 11.6. The first-order chi connectivity index (χ1) is 8.65. The molecule has 0 saturated carbocycles. The lowest BCUT2D eigenvalue weighted by Crippen LogP contribution is -2.37. The molecule has 4 heteroatoms. The summed E-state index contributed by atoms with van der Waals surface area (Å²) in [5.41, 5.74) is 1.24. The Morgan fingerprint density at radius 3 is 2.61 bits per heavy atom. The molecule has 0 aliphatic heterocycles. The van der Waals surface area contributed by atoms with Crippen LogP contribution >= 0.6 is 11.8 Å². The lowest BCUT2D eigenvalue weighted by Gasteiger charge is -2.13. The number of rotatable bonds is 7. The Kier molecular flexibility index (Phi) is 6.83. The lowest BCUT2D eigenvalue weighted by atomic mass is 10.2. The summed E-state index contributed by atoms with van der Waals surface area (Å²) in [5, 5.41) is 11.8. The molecular weight excluding hydrogens is 246 g/mol. The molecule has 1 unspecified atom stereocenters. The van der Waals surface area contributed by atoms with Gasteiger partial charge in [0.25, 0.3) is 0 Å². The van der Waals surface area contributed by atoms with Crippen molar-refractivity contribution in [1.82, 2.24) is 5.32 Å². The Bertz CT molecular complexity index is 361. The number of hydrogen-bond donors (Lipinski definition) is 2. The van der Waals surface area contributed by atoms with Crippen LogP contribution in [0.1, 0.15) is 25.3 Å². The zero-order chi connectivity index (χ0) is 13.4. The summed E-state index contributed by atoms with van der Waals surface area (Å²) >= 11 is 1.68. The fourth-order valence-corrected chi connectivity index (χ4v) is 2.32. The van der Waals surface area contributed by atoms with Gasteiger partial charge in [-0.2, -0.15) is 0 Å². The van der Waals surface area contributed by atoms with Gasteiger partial charge in [-0.15, -0.1) is 11.8 Å². The molecule has 1 rings (SSSR count). The number of carbonyl (C=O) groups excluding carboxylic acids is 1. The van der Waals surface area contributed by atoms with Gasteiger partial charge in [0.2, 0.25) is 5.91 Å². The molecule has 0 heterocycles. The molecule has 18 heavy (non-hydrogen) atoms. The molecular formula is C14H21NO2S. The van der Waals surface area contributed by atoms with Gasteiger partial charge in [-0.25, -0.2) is 0 Å². The molecule has 1 atom stereocenters. The number of thioether (sulfide) groups is 1. The number of aryl methyl sites for hydroxylation is 1. The summed E-state index contributed by atoms with van der Waals surface area (Å²) in [6.45, 7) is 4.01. The average molecular weight is 267 g/mol. The van der Waals surface area contributed by atoms with Crippen LogP contribution in [0.3, 0.4) is 0 Å². The van der Waals surface area contributed by atoms with E-state index in [1.165, 1.54) is 10.5 Å². The van der Waals surface area contributed by atoms with E-state index in [-0.39, 0.29) is 18.6 Å². The van der Waals surface area contributed by atoms with Crippen molar-refractivity contribution in [1.29, 1.82) is 0 Å². The largest absolute Gasteiger partial charge is 0.394 e. The molecule has 0 bridgehead atoms. The third-order valence-corrected chi connectivity index (χ3v) is 3.71. The van der Waals surface area contributed by atoms with E-state index in [0.717, 1.165) is 12.2 Å². The van der Waals surface area contributed by atoms with Crippen molar-refractivity contribution in [3.8, 4) is 0 Å². The van der Waals surface area contributed by atoms with Gasteiger partial charge in [0.15, 0.2) is 0 Å². The van der Waals surface area contributed by atoms with Gasteiger partial charge < -0.3 is 10.4 Å². The number of amides is 1. The minimum Gasteiger partial charge on any atom is -0.394 e. The molecule has 0 radical (unpaired) electrons. The minimum atomic E-state index is -0.109. The van der Waals surface area contributed by atoms with Crippen LogP contribution in [-0.4, -0.2) is 29.4 Å². The first-order valence-electron chi connectivity index (χ1n) is 6.25. The number of benzene rings is 1. The number of nitrogens with one attached hydrogen (secondary N) is 1. The molecule has 1 amide bonds. The van der Waals surface area contributed by atoms with Crippen molar-refractivity contribution in [3.63, 3.8) is 0 Å². The van der Waals surface area contributed by atoms with Crippen LogP contribution in [0.15, 0.2) is 29.2 Å². The summed E-state index contributed by atoms with van der Waals surface area (Å²) in [6, 6.07) is 8.17. The second-order valence-corrected chi connectivity index (χ2v) is 5.44. The molecule has 0 aromatic heterocycles. The Morgan fingerprint density at radius 1 is 1.39 bits per heavy atom. The fraction of sp³-hybridized carbons (Fsp3) is 0.500. The maximum Gasteiger partial charge on any atom is 0.221 e. The third-order valence-electron chi connectivity index (χ3n) is 2.70. The molecule has 0 saturated heterocycles. The van der Waals surface area contributed by atoms with E-state index >= 15 is 0 Å². The van der Waals surface area contributed by atoms with Gasteiger partial charge >= 0.3 is 0 Å². The summed E-state index contributed by atoms with van der Waals surface area (Å²) in [6.07, 6.45) is 1.24. The van der Waals surface area contributed by atoms with E-state index < -0.39 is 0 Å². The Balaban J connectivity index is 2.25. The second kappa shape index (κ2) is 8.16. The monoisotopic (exact) mass is 267 g/mol. The van der Waals surface area contributed by atoms with Gasteiger partial charge in [0, 0.05) is 17.1 Å². The Hall–Kier alpha value is -1.00. The molecule has 0 fully saturated rings. The maximum absolute atomic E-state index is 11.6. The van der Waals surface area contributed by atoms with Crippen LogP contribution in [0.5, 0.6) is 0 Å². The molecule has 3 nitrogen and oxygen atoms in total. The predicted octanol–water partition coefficient (Wildman–Crippen LogP) is 2.36. The first-order valence-corrected chi connectivity index (χ1v) is 7.24. The number of aliphatic hydroxyl groups excluding tert-OH is 1. The fourth-order valence-electron chi connectivity index (χ4n) is 1.47. The SMILES string of the molecule is CCC(CO)NC(=O)CCSc1ccc(C)cc1. The summed E-state index contributed by atoms with van der Waals surface area (Å²) in [4.78, 5) is 12.8. The topological polar surface area (TPSA) is 49.3 Å². The normalized spacial score (nSPS) is 12.2. The van der Waals surface area contributed by atoms with Crippen molar-refractivity contribution in [2.45, 2.75) is 37.6 Å². The van der Waals surface area contributed by atoms with Crippen LogP contribution in [0.4, 0.5) is 0 Å². The highest BCUT2D eigenvalue weighted by atomic mass is 32.2. The van der Waals surface area contributed by atoms with E-state index in [0.29, 0.717) is 6.42 Å². The van der Waals surface area contributed by atoms with Gasteiger partial charge in [-0.1, -0.05) is 24.6 Å². The Labute approximate surface area is 113 Å². The quantitative estimate of drug-likeness (QED) is 0.746. The highest BCUT2D eigenvalue weighted by molar-refractivity contribution is 7.99. The van der Waals surface area contributed by atoms with Gasteiger partial charge in [0.1, 0.15) is 0 Å². The second-order valence-electron chi connectivity index (χ2n) is 4.27. The van der Waals surface area contributed by atoms with Gasteiger partial charge in [-0.05, 0) is 25.5 Å². The van der Waals surface area contributed by atoms with E-state index in [1.807, 2.05) is 6.92 Å². The van der Waals surface area contributed by atoms with Crippen molar-refractivity contribution in [2.75, 3.05) is 12.4 Å². The number of aliphatic hydroxyl groups is 1. The number of carbonyl (C=O) groups is 1. The highest BCUT2D eigenvalue weighted by Gasteiger charge is 2.08. The Morgan fingerprint density at radius 2 is 2.06 bits per heavy atom. The van der Waals surface area contributed by atoms with Crippen molar-refractivity contribution in [2.24, 2.45) is 0 Å². The number of hydrogen-bond acceptors (Lipinski definition) is 3. The standard InChI is InChI=1S/C14H21NO2S/c1-3-12(10-16)15-14(17)8-9-18-13-6-4-11(2)5-7-13/h4-7,12,16H,3,8-10H2,1-2H3,(H,15,17). The first kappa shape index (κ1) is 15.1. The molecule has 0 aliphatic rings. The zero-order valence-corrected chi connectivity index (χ0v) is 11.8. The van der Waals surface area contributed by atoms with Gasteiger partial charge in [-0.3, -0.25) is 4.79 Å². The predicted molar refractivity (Wildman–Crippen MR) is 75.8 cm³/mol. The van der Waals surface area contributed by atoms with Crippen LogP contribution in [0.2, 0.25) is 0 Å². The molecule has 0 spiro atoms. The zero-order valence-electron chi connectivity index (χ0n) is 11.0. The third kappa shape index (κ3) is 5.56. The molecule has 1 aromatic rings. The van der Waals surface area contributed by atoms with E-state index in [4.69, 9.17) is 5.11 Å². The van der Waals surface area contributed by atoms with Crippen LogP contribution in [0, 0.1) is 6.92 Å². The molecule has 100 valence electrons. The van der Waals surface area contributed by atoms with E-state index in [9.17, 15) is 4.79 Å². The average Bonchev–Trinajstić information content (AvgIpc) is 2.38. The van der Waals surface area contributed by atoms with Crippen molar-refractivity contribution < 1.29 is 9.90 Å². The van der Waals surface area contributed by atoms with Crippen LogP contribution in [-0.2, 0) is 4.79 Å².